The first-order valence-corrected chi connectivity index (χ1v) is 8.44. The van der Waals surface area contributed by atoms with E-state index < -0.39 is 6.04 Å². The van der Waals surface area contributed by atoms with Crippen LogP contribution in [0, 0.1) is 0 Å². The lowest BCUT2D eigenvalue weighted by Gasteiger charge is -2.13. The molecule has 1 aromatic carbocycles. The number of hydrogen-bond donors (Lipinski definition) is 3. The van der Waals surface area contributed by atoms with Gasteiger partial charge in [0.05, 0.1) is 0 Å². The molecule has 6 nitrogen and oxygen atoms in total. The van der Waals surface area contributed by atoms with Crippen LogP contribution in [0.2, 0.25) is 0 Å². The largest absolute Gasteiger partial charge is 0.425 e. The minimum atomic E-state index is -0.615. The number of hydrogen-bond acceptors (Lipinski definition) is 5. The quantitative estimate of drug-likeness (QED) is 0.368. The summed E-state index contributed by atoms with van der Waals surface area (Å²) in [7, 11) is 4.08. The number of rotatable bonds is 9. The van der Waals surface area contributed by atoms with E-state index in [2.05, 4.69) is 9.88 Å². The van der Waals surface area contributed by atoms with Crippen LogP contribution >= 0.6 is 0 Å². The zero-order valence-corrected chi connectivity index (χ0v) is 14.5. The second kappa shape index (κ2) is 8.82. The molecule has 132 valence electrons. The Bertz CT molecular complexity index is 666. The molecule has 2 rings (SSSR count). The third kappa shape index (κ3) is 4.80. The van der Waals surface area contributed by atoms with E-state index in [9.17, 15) is 4.79 Å². The molecule has 0 bridgehead atoms. The molecule has 0 saturated carbocycles. The monoisotopic (exact) mass is 332 g/mol. The summed E-state index contributed by atoms with van der Waals surface area (Å²) in [6, 6.07) is 5.06. The minimum absolute atomic E-state index is 0.390. The topological polar surface area (TPSA) is 97.4 Å². The number of carbonyl (C=O) groups is 1. The number of aromatic amines is 1. The van der Waals surface area contributed by atoms with Crippen LogP contribution in [0.3, 0.4) is 0 Å². The molecule has 0 saturated heterocycles. The van der Waals surface area contributed by atoms with Crippen molar-refractivity contribution in [2.24, 2.45) is 11.5 Å². The molecule has 6 heteroatoms. The second-order valence-electron chi connectivity index (χ2n) is 6.36. The van der Waals surface area contributed by atoms with Crippen molar-refractivity contribution >= 4 is 16.9 Å². The maximum absolute atomic E-state index is 12.3. The Hall–Kier alpha value is -1.89. The molecule has 0 amide bonds. The van der Waals surface area contributed by atoms with Crippen molar-refractivity contribution in [3.63, 3.8) is 0 Å². The first-order chi connectivity index (χ1) is 11.5. The lowest BCUT2D eigenvalue weighted by molar-refractivity contribution is -0.135. The van der Waals surface area contributed by atoms with E-state index in [-0.39, 0.29) is 5.97 Å². The fourth-order valence-electron chi connectivity index (χ4n) is 2.66. The number of esters is 1. The number of unbranched alkanes of at least 4 members (excludes halogenated alkanes) is 1. The Labute approximate surface area is 143 Å². The summed E-state index contributed by atoms with van der Waals surface area (Å²) in [5, 5.41) is 0.960. The molecule has 2 aromatic rings. The Kier molecular flexibility index (Phi) is 6.78. The van der Waals surface area contributed by atoms with Gasteiger partial charge in [-0.15, -0.1) is 0 Å². The van der Waals surface area contributed by atoms with Gasteiger partial charge >= 0.3 is 5.97 Å². The molecule has 1 heterocycles. The number of carbonyl (C=O) groups excluding carboxylic acids is 1. The third-order valence-electron chi connectivity index (χ3n) is 4.06. The molecule has 5 N–H and O–H groups in total. The Morgan fingerprint density at radius 1 is 1.33 bits per heavy atom. The van der Waals surface area contributed by atoms with E-state index in [0.29, 0.717) is 18.7 Å². The summed E-state index contributed by atoms with van der Waals surface area (Å²) in [5.41, 5.74) is 13.5. The maximum atomic E-state index is 12.3. The number of aromatic nitrogens is 1. The summed E-state index contributed by atoms with van der Waals surface area (Å²) >= 11 is 0. The summed E-state index contributed by atoms with van der Waals surface area (Å²) in [6.07, 6.45) is 5.14. The van der Waals surface area contributed by atoms with Crippen LogP contribution < -0.4 is 16.2 Å². The maximum Gasteiger partial charge on any atom is 0.328 e. The van der Waals surface area contributed by atoms with Gasteiger partial charge in [-0.2, -0.15) is 0 Å². The fourth-order valence-corrected chi connectivity index (χ4v) is 2.66. The summed E-state index contributed by atoms with van der Waals surface area (Å²) < 4.78 is 5.60. The SMILES string of the molecule is CN(C)CCc1c[nH]c2cccc(OC(=O)C(N)CCCCN)c12. The van der Waals surface area contributed by atoms with E-state index in [1.165, 1.54) is 0 Å². The van der Waals surface area contributed by atoms with Gasteiger partial charge in [0.1, 0.15) is 11.8 Å². The molecule has 0 aliphatic rings. The second-order valence-corrected chi connectivity index (χ2v) is 6.36. The predicted molar refractivity (Wildman–Crippen MR) is 97.1 cm³/mol. The summed E-state index contributed by atoms with van der Waals surface area (Å²) in [6.45, 7) is 1.54. The van der Waals surface area contributed by atoms with Crippen LogP contribution in [0.15, 0.2) is 24.4 Å². The molecule has 0 aliphatic heterocycles. The minimum Gasteiger partial charge on any atom is -0.425 e. The number of benzene rings is 1. The predicted octanol–water partition coefficient (Wildman–Crippen LogP) is 1.63. The van der Waals surface area contributed by atoms with Gasteiger partial charge < -0.3 is 26.1 Å². The molecule has 1 atom stereocenters. The highest BCUT2D eigenvalue weighted by Gasteiger charge is 2.18. The lowest BCUT2D eigenvalue weighted by Crippen LogP contribution is -2.34. The number of nitrogens with one attached hydrogen (secondary N) is 1. The highest BCUT2D eigenvalue weighted by atomic mass is 16.5. The van der Waals surface area contributed by atoms with E-state index in [1.807, 2.05) is 38.5 Å². The van der Waals surface area contributed by atoms with Crippen molar-refractivity contribution in [3.05, 3.63) is 30.0 Å². The van der Waals surface area contributed by atoms with Gasteiger partial charge in [0, 0.05) is 23.6 Å². The Balaban J connectivity index is 2.13. The van der Waals surface area contributed by atoms with Gasteiger partial charge in [-0.05, 0) is 57.6 Å². The number of nitrogens with zero attached hydrogens (tertiary/aromatic N) is 1. The van der Waals surface area contributed by atoms with Gasteiger partial charge in [-0.25, -0.2) is 4.79 Å². The molecule has 0 spiro atoms. The van der Waals surface area contributed by atoms with Crippen LogP contribution in [0.25, 0.3) is 10.9 Å². The number of ether oxygens (including phenoxy) is 1. The van der Waals surface area contributed by atoms with Crippen LogP contribution in [0.5, 0.6) is 5.75 Å². The van der Waals surface area contributed by atoms with Crippen molar-refractivity contribution in [1.29, 1.82) is 0 Å². The summed E-state index contributed by atoms with van der Waals surface area (Å²) in [4.78, 5) is 17.6. The van der Waals surface area contributed by atoms with Gasteiger partial charge in [-0.1, -0.05) is 12.5 Å². The van der Waals surface area contributed by atoms with E-state index >= 15 is 0 Å². The number of fused-ring (bicyclic) bond motifs is 1. The van der Waals surface area contributed by atoms with E-state index in [4.69, 9.17) is 16.2 Å². The standard InChI is InChI=1S/C18H28N4O2/c1-22(2)11-9-13-12-21-15-7-5-8-16(17(13)15)24-18(23)14(20)6-3-4-10-19/h5,7-8,12,14,21H,3-4,6,9-11,19-20H2,1-2H3. The lowest BCUT2D eigenvalue weighted by atomic mass is 10.1. The Morgan fingerprint density at radius 3 is 2.83 bits per heavy atom. The highest BCUT2D eigenvalue weighted by Crippen LogP contribution is 2.29. The molecule has 0 radical (unpaired) electrons. The van der Waals surface area contributed by atoms with Crippen LogP contribution in [0.1, 0.15) is 24.8 Å². The highest BCUT2D eigenvalue weighted by molar-refractivity contribution is 5.92. The third-order valence-corrected chi connectivity index (χ3v) is 4.06. The summed E-state index contributed by atoms with van der Waals surface area (Å²) in [5.74, 6) is 0.182. The van der Waals surface area contributed by atoms with Crippen LogP contribution in [0.4, 0.5) is 0 Å². The van der Waals surface area contributed by atoms with Crippen molar-refractivity contribution in [1.82, 2.24) is 9.88 Å². The number of nitrogens with two attached hydrogens (primary N) is 2. The molecule has 1 unspecified atom stereocenters. The van der Waals surface area contributed by atoms with E-state index in [0.717, 1.165) is 42.3 Å². The van der Waals surface area contributed by atoms with Gasteiger partial charge in [-0.3, -0.25) is 0 Å². The van der Waals surface area contributed by atoms with Crippen molar-refractivity contribution in [3.8, 4) is 5.75 Å². The molecular weight excluding hydrogens is 304 g/mol. The zero-order valence-electron chi connectivity index (χ0n) is 14.5. The van der Waals surface area contributed by atoms with Crippen molar-refractivity contribution in [2.45, 2.75) is 31.7 Å². The average Bonchev–Trinajstić information content (AvgIpc) is 2.97. The van der Waals surface area contributed by atoms with Crippen LogP contribution in [-0.4, -0.2) is 49.1 Å². The molecule has 0 fully saturated rings. The van der Waals surface area contributed by atoms with Crippen molar-refractivity contribution < 1.29 is 9.53 Å². The molecule has 0 aliphatic carbocycles. The van der Waals surface area contributed by atoms with Crippen molar-refractivity contribution in [2.75, 3.05) is 27.2 Å². The average molecular weight is 332 g/mol. The zero-order chi connectivity index (χ0) is 17.5. The molecule has 24 heavy (non-hydrogen) atoms. The molecular formula is C18H28N4O2. The first-order valence-electron chi connectivity index (χ1n) is 8.44. The molecule has 1 aromatic heterocycles. The van der Waals surface area contributed by atoms with E-state index in [1.54, 1.807) is 0 Å². The fraction of sp³-hybridized carbons (Fsp3) is 0.500. The van der Waals surface area contributed by atoms with Gasteiger partial charge in [0.15, 0.2) is 0 Å². The first kappa shape index (κ1) is 18.4. The Morgan fingerprint density at radius 2 is 2.12 bits per heavy atom. The number of likely N-dealkylation sites (N-methyl/N-ethyl adjacent to an activating group) is 1. The smallest absolute Gasteiger partial charge is 0.328 e. The number of H-pyrrole nitrogens is 1. The normalized spacial score (nSPS) is 12.7. The van der Waals surface area contributed by atoms with Gasteiger partial charge in [0.2, 0.25) is 0 Å². The van der Waals surface area contributed by atoms with Crippen LogP contribution in [-0.2, 0) is 11.2 Å². The van der Waals surface area contributed by atoms with Gasteiger partial charge in [0.25, 0.3) is 0 Å².